The molecule has 100 valence electrons. The van der Waals surface area contributed by atoms with Gasteiger partial charge in [-0.15, -0.1) is 0 Å². The molecule has 19 heavy (non-hydrogen) atoms. The summed E-state index contributed by atoms with van der Waals surface area (Å²) in [5.74, 6) is 0.826. The minimum atomic E-state index is 0.540. The highest BCUT2D eigenvalue weighted by Gasteiger charge is 2.09. The van der Waals surface area contributed by atoms with Gasteiger partial charge in [0, 0.05) is 9.80 Å². The van der Waals surface area contributed by atoms with Gasteiger partial charge in [0.2, 0.25) is 0 Å². The van der Waals surface area contributed by atoms with Crippen LogP contribution in [0.25, 0.3) is 0 Å². The van der Waals surface area contributed by atoms with Crippen molar-refractivity contribution in [3.8, 4) is 5.75 Å². The van der Waals surface area contributed by atoms with Crippen LogP contribution in [0.5, 0.6) is 5.75 Å². The van der Waals surface area contributed by atoms with Gasteiger partial charge >= 0.3 is 0 Å². The Morgan fingerprint density at radius 1 is 0.842 bits per heavy atom. The van der Waals surface area contributed by atoms with Crippen LogP contribution < -0.4 is 4.74 Å². The molecule has 0 amide bonds. The summed E-state index contributed by atoms with van der Waals surface area (Å²) in [6, 6.07) is 12.2. The van der Waals surface area contributed by atoms with E-state index in [0.29, 0.717) is 6.61 Å². The fourth-order valence-electron chi connectivity index (χ4n) is 1.56. The van der Waals surface area contributed by atoms with E-state index in [9.17, 15) is 0 Å². The van der Waals surface area contributed by atoms with Gasteiger partial charge in [-0.1, -0.05) is 44.0 Å². The minimum absolute atomic E-state index is 0.540. The third-order valence-corrected chi connectivity index (χ3v) is 4.86. The fraction of sp³-hybridized carbons (Fsp3) is 0.143. The topological polar surface area (TPSA) is 9.23 Å². The lowest BCUT2D eigenvalue weighted by atomic mass is 10.2. The second-order valence-corrected chi connectivity index (χ2v) is 7.12. The predicted octanol–water partition coefficient (Wildman–Crippen LogP) is 6.45. The molecule has 0 aliphatic heterocycles. The molecule has 0 aliphatic rings. The van der Waals surface area contributed by atoms with Gasteiger partial charge in [0.1, 0.15) is 12.4 Å². The van der Waals surface area contributed by atoms with Crippen molar-refractivity contribution < 1.29 is 4.74 Å². The molecule has 0 atom stereocenters. The number of rotatable bonds is 4. The smallest absolute Gasteiger partial charge is 0.148 e. The van der Waals surface area contributed by atoms with Crippen molar-refractivity contribution in [2.24, 2.45) is 0 Å². The first-order valence-electron chi connectivity index (χ1n) is 5.51. The average Bonchev–Trinajstić information content (AvgIpc) is 2.39. The maximum atomic E-state index is 5.87. The highest BCUT2D eigenvalue weighted by molar-refractivity contribution is 9.11. The molecule has 5 heteroatoms. The maximum Gasteiger partial charge on any atom is 0.148 e. The van der Waals surface area contributed by atoms with Crippen molar-refractivity contribution in [1.29, 1.82) is 0 Å². The zero-order chi connectivity index (χ0) is 13.8. The standard InChI is InChI=1S/C14H10Br4O/c15-7-10-5-12(17)14(13(18)6-10)19-8-9-1-3-11(16)4-2-9/h1-6H,7-8H2. The molecule has 0 aliphatic carbocycles. The Morgan fingerprint density at radius 2 is 1.42 bits per heavy atom. The van der Waals surface area contributed by atoms with Crippen molar-refractivity contribution in [1.82, 2.24) is 0 Å². The van der Waals surface area contributed by atoms with Gasteiger partial charge in [0.25, 0.3) is 0 Å². The molecule has 0 N–H and O–H groups in total. The molecule has 0 fully saturated rings. The molecular formula is C14H10Br4O. The molecule has 0 bridgehead atoms. The van der Waals surface area contributed by atoms with Crippen molar-refractivity contribution in [3.05, 3.63) is 60.9 Å². The summed E-state index contributed by atoms with van der Waals surface area (Å²) < 4.78 is 8.84. The Balaban J connectivity index is 2.13. The monoisotopic (exact) mass is 510 g/mol. The second kappa shape index (κ2) is 7.25. The van der Waals surface area contributed by atoms with E-state index in [-0.39, 0.29) is 0 Å². The highest BCUT2D eigenvalue weighted by Crippen LogP contribution is 2.35. The summed E-state index contributed by atoms with van der Waals surface area (Å²) >= 11 is 13.9. The number of alkyl halides is 1. The van der Waals surface area contributed by atoms with Gasteiger partial charge in [-0.3, -0.25) is 0 Å². The van der Waals surface area contributed by atoms with E-state index in [0.717, 1.165) is 30.1 Å². The van der Waals surface area contributed by atoms with E-state index in [2.05, 4.69) is 75.9 Å². The number of ether oxygens (including phenoxy) is 1. The zero-order valence-electron chi connectivity index (χ0n) is 9.80. The number of hydrogen-bond acceptors (Lipinski definition) is 1. The molecule has 0 spiro atoms. The largest absolute Gasteiger partial charge is 0.487 e. The average molecular weight is 514 g/mol. The first kappa shape index (κ1) is 15.5. The lowest BCUT2D eigenvalue weighted by Gasteiger charge is -2.12. The van der Waals surface area contributed by atoms with Crippen molar-refractivity contribution in [2.75, 3.05) is 0 Å². The van der Waals surface area contributed by atoms with E-state index in [1.54, 1.807) is 0 Å². The normalized spacial score (nSPS) is 10.5. The molecule has 0 unspecified atom stereocenters. The summed E-state index contributed by atoms with van der Waals surface area (Å²) in [5.41, 5.74) is 2.32. The van der Waals surface area contributed by atoms with Crippen LogP contribution in [0.3, 0.4) is 0 Å². The van der Waals surface area contributed by atoms with Crippen molar-refractivity contribution in [2.45, 2.75) is 11.9 Å². The Hall–Kier alpha value is 0.160. The quantitative estimate of drug-likeness (QED) is 0.427. The molecule has 2 rings (SSSR count). The van der Waals surface area contributed by atoms with Crippen LogP contribution in [-0.4, -0.2) is 0 Å². The first-order valence-corrected chi connectivity index (χ1v) is 9.01. The van der Waals surface area contributed by atoms with Crippen LogP contribution in [0.15, 0.2) is 49.8 Å². The van der Waals surface area contributed by atoms with Crippen molar-refractivity contribution in [3.63, 3.8) is 0 Å². The lowest BCUT2D eigenvalue weighted by Crippen LogP contribution is -1.97. The summed E-state index contributed by atoms with van der Waals surface area (Å²) in [6.07, 6.45) is 0. The summed E-state index contributed by atoms with van der Waals surface area (Å²) in [4.78, 5) is 0. The summed E-state index contributed by atoms with van der Waals surface area (Å²) in [6.45, 7) is 0.540. The summed E-state index contributed by atoms with van der Waals surface area (Å²) in [7, 11) is 0. The minimum Gasteiger partial charge on any atom is -0.487 e. The van der Waals surface area contributed by atoms with Gasteiger partial charge in [0.05, 0.1) is 8.95 Å². The maximum absolute atomic E-state index is 5.87. The Kier molecular flexibility index (Phi) is 5.93. The van der Waals surface area contributed by atoms with E-state index in [4.69, 9.17) is 4.74 Å². The SMILES string of the molecule is BrCc1cc(Br)c(OCc2ccc(Br)cc2)c(Br)c1. The molecule has 0 radical (unpaired) electrons. The third kappa shape index (κ3) is 4.31. The molecule has 0 heterocycles. The van der Waals surface area contributed by atoms with E-state index < -0.39 is 0 Å². The van der Waals surface area contributed by atoms with E-state index >= 15 is 0 Å². The van der Waals surface area contributed by atoms with E-state index in [1.807, 2.05) is 24.3 Å². The third-order valence-electron chi connectivity index (χ3n) is 2.51. The van der Waals surface area contributed by atoms with Gasteiger partial charge in [0.15, 0.2) is 0 Å². The number of halogens is 4. The fourth-order valence-corrected chi connectivity index (χ4v) is 3.66. The molecule has 1 nitrogen and oxygen atoms in total. The molecule has 0 aromatic heterocycles. The van der Waals surface area contributed by atoms with Crippen LogP contribution in [-0.2, 0) is 11.9 Å². The number of hydrogen-bond donors (Lipinski definition) is 0. The van der Waals surface area contributed by atoms with Crippen LogP contribution in [0, 0.1) is 0 Å². The first-order chi connectivity index (χ1) is 9.10. The summed E-state index contributed by atoms with van der Waals surface area (Å²) in [5, 5.41) is 0.817. The van der Waals surface area contributed by atoms with Gasteiger partial charge < -0.3 is 4.74 Å². The van der Waals surface area contributed by atoms with Crippen LogP contribution in [0.1, 0.15) is 11.1 Å². The van der Waals surface area contributed by atoms with Crippen LogP contribution >= 0.6 is 63.7 Å². The Bertz CT molecular complexity index is 543. The van der Waals surface area contributed by atoms with Gasteiger partial charge in [-0.25, -0.2) is 0 Å². The predicted molar refractivity (Wildman–Crippen MR) is 92.9 cm³/mol. The Labute approximate surface area is 146 Å². The van der Waals surface area contributed by atoms with Gasteiger partial charge in [-0.2, -0.15) is 0 Å². The van der Waals surface area contributed by atoms with Crippen LogP contribution in [0.4, 0.5) is 0 Å². The second-order valence-electron chi connectivity index (χ2n) is 3.94. The molecular weight excluding hydrogens is 504 g/mol. The lowest BCUT2D eigenvalue weighted by molar-refractivity contribution is 0.302. The molecule has 0 saturated carbocycles. The van der Waals surface area contributed by atoms with E-state index in [1.165, 1.54) is 5.56 Å². The zero-order valence-corrected chi connectivity index (χ0v) is 16.1. The van der Waals surface area contributed by atoms with Crippen LogP contribution in [0.2, 0.25) is 0 Å². The molecule has 0 saturated heterocycles. The molecule has 2 aromatic carbocycles. The molecule has 2 aromatic rings. The van der Waals surface area contributed by atoms with Crippen molar-refractivity contribution >= 4 is 63.7 Å². The van der Waals surface area contributed by atoms with Gasteiger partial charge in [-0.05, 0) is 67.3 Å². The number of benzene rings is 2. The Morgan fingerprint density at radius 3 is 1.95 bits per heavy atom. The highest BCUT2D eigenvalue weighted by atomic mass is 79.9.